The van der Waals surface area contributed by atoms with Gasteiger partial charge in [-0.1, -0.05) is 13.3 Å². The number of hydrogen-bond acceptors (Lipinski definition) is 4. The van der Waals surface area contributed by atoms with E-state index in [1.807, 2.05) is 32.0 Å². The molecule has 100 valence electrons. The number of nitrogens with zero attached hydrogens (tertiary/aromatic N) is 2. The van der Waals surface area contributed by atoms with Gasteiger partial charge in [-0.3, -0.25) is 9.78 Å². The Morgan fingerprint density at radius 1 is 1.56 bits per heavy atom. The monoisotopic (exact) mass is 250 g/mol. The van der Waals surface area contributed by atoms with E-state index in [0.29, 0.717) is 12.1 Å². The van der Waals surface area contributed by atoms with Crippen LogP contribution in [0.4, 0.5) is 11.4 Å². The number of amides is 1. The second kappa shape index (κ2) is 5.82. The van der Waals surface area contributed by atoms with E-state index in [1.165, 1.54) is 0 Å². The maximum Gasteiger partial charge on any atom is 0.244 e. The highest BCUT2D eigenvalue weighted by atomic mass is 16.2. The molecular formula is C13H22N4O. The molecule has 5 nitrogen and oxygen atoms in total. The standard InChI is InChI=1S/C13H22N4O/c1-5-7-13(2,14)12(18)16-10-9-15-8-6-11(10)17(3)4/h6,8-9H,5,7,14H2,1-4H3,(H,16,18). The van der Waals surface area contributed by atoms with E-state index in [-0.39, 0.29) is 5.91 Å². The van der Waals surface area contributed by atoms with Crippen LogP contribution >= 0.6 is 0 Å². The number of carbonyl (C=O) groups is 1. The van der Waals surface area contributed by atoms with Crippen LogP contribution in [0.15, 0.2) is 18.5 Å². The maximum atomic E-state index is 12.1. The molecule has 0 bridgehead atoms. The molecule has 0 spiro atoms. The van der Waals surface area contributed by atoms with E-state index in [4.69, 9.17) is 5.73 Å². The average molecular weight is 250 g/mol. The molecule has 1 amide bonds. The fraction of sp³-hybridized carbons (Fsp3) is 0.538. The third-order valence-corrected chi connectivity index (χ3v) is 2.82. The van der Waals surface area contributed by atoms with Crippen molar-refractivity contribution in [2.24, 2.45) is 5.73 Å². The maximum absolute atomic E-state index is 12.1. The predicted molar refractivity (Wildman–Crippen MR) is 74.7 cm³/mol. The van der Waals surface area contributed by atoms with Crippen molar-refractivity contribution in [1.82, 2.24) is 4.98 Å². The van der Waals surface area contributed by atoms with Gasteiger partial charge in [0.2, 0.25) is 5.91 Å². The number of aromatic nitrogens is 1. The largest absolute Gasteiger partial charge is 0.376 e. The van der Waals surface area contributed by atoms with Gasteiger partial charge in [-0.15, -0.1) is 0 Å². The van der Waals surface area contributed by atoms with Gasteiger partial charge in [-0.25, -0.2) is 0 Å². The second-order valence-corrected chi connectivity index (χ2v) is 4.91. The van der Waals surface area contributed by atoms with E-state index in [1.54, 1.807) is 19.3 Å². The summed E-state index contributed by atoms with van der Waals surface area (Å²) in [7, 11) is 3.83. The lowest BCUT2D eigenvalue weighted by atomic mass is 9.96. The Kier molecular flexibility index (Phi) is 4.67. The van der Waals surface area contributed by atoms with Crippen molar-refractivity contribution in [1.29, 1.82) is 0 Å². The van der Waals surface area contributed by atoms with Crippen LogP contribution in [0.3, 0.4) is 0 Å². The zero-order valence-electron chi connectivity index (χ0n) is 11.5. The fourth-order valence-corrected chi connectivity index (χ4v) is 1.77. The van der Waals surface area contributed by atoms with Crippen molar-refractivity contribution >= 4 is 17.3 Å². The number of nitrogens with one attached hydrogen (secondary N) is 1. The van der Waals surface area contributed by atoms with Gasteiger partial charge in [-0.2, -0.15) is 0 Å². The van der Waals surface area contributed by atoms with Gasteiger partial charge in [0.1, 0.15) is 0 Å². The molecular weight excluding hydrogens is 228 g/mol. The summed E-state index contributed by atoms with van der Waals surface area (Å²) in [6.45, 7) is 3.76. The Labute approximate surface area is 108 Å². The summed E-state index contributed by atoms with van der Waals surface area (Å²) in [4.78, 5) is 18.1. The summed E-state index contributed by atoms with van der Waals surface area (Å²) in [5.41, 5.74) is 6.73. The number of nitrogens with two attached hydrogens (primary N) is 1. The molecule has 1 heterocycles. The Balaban J connectivity index is 2.88. The van der Waals surface area contributed by atoms with Crippen LogP contribution in [0.1, 0.15) is 26.7 Å². The van der Waals surface area contributed by atoms with Crippen LogP contribution in [0, 0.1) is 0 Å². The van der Waals surface area contributed by atoms with Crippen molar-refractivity contribution in [2.45, 2.75) is 32.2 Å². The lowest BCUT2D eigenvalue weighted by Gasteiger charge is -2.24. The molecule has 0 aliphatic rings. The summed E-state index contributed by atoms with van der Waals surface area (Å²) in [6.07, 6.45) is 4.85. The van der Waals surface area contributed by atoms with Gasteiger partial charge in [0.25, 0.3) is 0 Å². The van der Waals surface area contributed by atoms with Crippen LogP contribution in [0.2, 0.25) is 0 Å². The lowest BCUT2D eigenvalue weighted by Crippen LogP contribution is -2.48. The minimum Gasteiger partial charge on any atom is -0.376 e. The molecule has 0 radical (unpaired) electrons. The Hall–Kier alpha value is -1.62. The minimum absolute atomic E-state index is 0.180. The van der Waals surface area contributed by atoms with Crippen LogP contribution in [0.5, 0.6) is 0 Å². The Morgan fingerprint density at radius 2 is 2.22 bits per heavy atom. The highest BCUT2D eigenvalue weighted by Crippen LogP contribution is 2.23. The molecule has 1 rings (SSSR count). The van der Waals surface area contributed by atoms with Gasteiger partial charge in [-0.05, 0) is 19.4 Å². The second-order valence-electron chi connectivity index (χ2n) is 4.91. The first-order valence-corrected chi connectivity index (χ1v) is 6.10. The number of carbonyl (C=O) groups excluding carboxylic acids is 1. The zero-order valence-corrected chi connectivity index (χ0v) is 11.5. The highest BCUT2D eigenvalue weighted by Gasteiger charge is 2.27. The van der Waals surface area contributed by atoms with E-state index >= 15 is 0 Å². The van der Waals surface area contributed by atoms with Crippen LogP contribution in [-0.2, 0) is 4.79 Å². The molecule has 0 saturated carbocycles. The quantitative estimate of drug-likeness (QED) is 0.832. The van der Waals surface area contributed by atoms with Crippen molar-refractivity contribution in [2.75, 3.05) is 24.3 Å². The molecule has 3 N–H and O–H groups in total. The van der Waals surface area contributed by atoms with Gasteiger partial charge in [0.05, 0.1) is 23.1 Å². The number of anilines is 2. The summed E-state index contributed by atoms with van der Waals surface area (Å²) < 4.78 is 0. The zero-order chi connectivity index (χ0) is 13.8. The van der Waals surface area contributed by atoms with Gasteiger partial charge >= 0.3 is 0 Å². The molecule has 0 saturated heterocycles. The number of pyridine rings is 1. The fourth-order valence-electron chi connectivity index (χ4n) is 1.77. The topological polar surface area (TPSA) is 71.2 Å². The molecule has 0 aromatic carbocycles. The summed E-state index contributed by atoms with van der Waals surface area (Å²) in [5.74, 6) is -0.180. The van der Waals surface area contributed by atoms with Crippen LogP contribution < -0.4 is 16.0 Å². The summed E-state index contributed by atoms with van der Waals surface area (Å²) in [6, 6.07) is 1.85. The molecule has 0 aliphatic heterocycles. The molecule has 1 unspecified atom stereocenters. The lowest BCUT2D eigenvalue weighted by molar-refractivity contribution is -0.120. The van der Waals surface area contributed by atoms with Crippen molar-refractivity contribution in [3.05, 3.63) is 18.5 Å². The van der Waals surface area contributed by atoms with E-state index in [9.17, 15) is 4.79 Å². The van der Waals surface area contributed by atoms with Gasteiger partial charge < -0.3 is 16.0 Å². The molecule has 18 heavy (non-hydrogen) atoms. The van der Waals surface area contributed by atoms with Gasteiger partial charge in [0, 0.05) is 20.3 Å². The van der Waals surface area contributed by atoms with Crippen LogP contribution in [0.25, 0.3) is 0 Å². The average Bonchev–Trinajstić information content (AvgIpc) is 2.29. The van der Waals surface area contributed by atoms with Crippen LogP contribution in [-0.4, -0.2) is 30.5 Å². The predicted octanol–water partition coefficient (Wildman–Crippen LogP) is 1.60. The molecule has 0 fully saturated rings. The SMILES string of the molecule is CCCC(C)(N)C(=O)Nc1cnccc1N(C)C. The number of hydrogen-bond donors (Lipinski definition) is 2. The van der Waals surface area contributed by atoms with Crippen molar-refractivity contribution in [3.63, 3.8) is 0 Å². The molecule has 1 aromatic rings. The number of rotatable bonds is 5. The first-order chi connectivity index (χ1) is 8.38. The van der Waals surface area contributed by atoms with Gasteiger partial charge in [0.15, 0.2) is 0 Å². The molecule has 1 atom stereocenters. The van der Waals surface area contributed by atoms with E-state index < -0.39 is 5.54 Å². The highest BCUT2D eigenvalue weighted by molar-refractivity contribution is 5.99. The Morgan fingerprint density at radius 3 is 2.78 bits per heavy atom. The minimum atomic E-state index is -0.853. The van der Waals surface area contributed by atoms with E-state index in [0.717, 1.165) is 12.1 Å². The first kappa shape index (κ1) is 14.4. The van der Waals surface area contributed by atoms with Crippen molar-refractivity contribution < 1.29 is 4.79 Å². The van der Waals surface area contributed by atoms with Crippen molar-refractivity contribution in [3.8, 4) is 0 Å². The normalized spacial score (nSPS) is 13.8. The third kappa shape index (κ3) is 3.43. The smallest absolute Gasteiger partial charge is 0.244 e. The molecule has 1 aromatic heterocycles. The van der Waals surface area contributed by atoms with E-state index in [2.05, 4.69) is 10.3 Å². The summed E-state index contributed by atoms with van der Waals surface area (Å²) >= 11 is 0. The summed E-state index contributed by atoms with van der Waals surface area (Å²) in [5, 5.41) is 2.85. The molecule has 5 heteroatoms. The Bertz CT molecular complexity index is 415. The third-order valence-electron chi connectivity index (χ3n) is 2.82. The first-order valence-electron chi connectivity index (χ1n) is 6.10. The molecule has 0 aliphatic carbocycles.